The smallest absolute Gasteiger partial charge is 0.416 e. The zero-order valence-corrected chi connectivity index (χ0v) is 12.4. The molecule has 0 aliphatic carbocycles. The van der Waals surface area contributed by atoms with E-state index >= 15 is 0 Å². The molecule has 2 N–H and O–H groups in total. The van der Waals surface area contributed by atoms with Gasteiger partial charge in [-0.1, -0.05) is 30.3 Å². The van der Waals surface area contributed by atoms with E-state index in [4.69, 9.17) is 0 Å². The highest BCUT2D eigenvalue weighted by atomic mass is 19.4. The summed E-state index contributed by atoms with van der Waals surface area (Å²) in [5, 5.41) is 11.6. The lowest BCUT2D eigenvalue weighted by molar-refractivity contribution is -0.139. The molecule has 0 radical (unpaired) electrons. The molecule has 2 aromatic carbocycles. The SMILES string of the molecule is O=C(N[C@H](Cc1ccc(C(F)(F)F)cc1)C(=O)O)c1ccccc1. The second-order valence-corrected chi connectivity index (χ2v) is 5.13. The molecule has 0 aliphatic rings. The van der Waals surface area contributed by atoms with E-state index in [0.717, 1.165) is 12.1 Å². The van der Waals surface area contributed by atoms with Gasteiger partial charge in [-0.2, -0.15) is 13.2 Å². The first-order valence-corrected chi connectivity index (χ1v) is 7.02. The summed E-state index contributed by atoms with van der Waals surface area (Å²) in [6.45, 7) is 0. The number of benzene rings is 2. The molecular weight excluding hydrogens is 323 g/mol. The Morgan fingerprint density at radius 2 is 1.58 bits per heavy atom. The van der Waals surface area contributed by atoms with Crippen molar-refractivity contribution in [1.82, 2.24) is 5.32 Å². The topological polar surface area (TPSA) is 66.4 Å². The second-order valence-electron chi connectivity index (χ2n) is 5.13. The molecule has 4 nitrogen and oxygen atoms in total. The minimum absolute atomic E-state index is 0.119. The van der Waals surface area contributed by atoms with Crippen LogP contribution in [0.5, 0.6) is 0 Å². The van der Waals surface area contributed by atoms with Gasteiger partial charge in [0.05, 0.1) is 5.56 Å². The standard InChI is InChI=1S/C17H14F3NO3/c18-17(19,20)13-8-6-11(7-9-13)10-14(16(23)24)21-15(22)12-4-2-1-3-5-12/h1-9,14H,10H2,(H,21,22)(H,23,24)/t14-/m1/s1. The van der Waals surface area contributed by atoms with Gasteiger partial charge in [-0.3, -0.25) is 4.79 Å². The van der Waals surface area contributed by atoms with E-state index in [1.807, 2.05) is 0 Å². The van der Waals surface area contributed by atoms with Crippen LogP contribution in [0.15, 0.2) is 54.6 Å². The number of carboxylic acids is 1. The van der Waals surface area contributed by atoms with Crippen molar-refractivity contribution in [1.29, 1.82) is 0 Å². The van der Waals surface area contributed by atoms with Gasteiger partial charge >= 0.3 is 12.1 Å². The summed E-state index contributed by atoms with van der Waals surface area (Å²) in [6.07, 6.45) is -4.57. The number of alkyl halides is 3. The predicted molar refractivity (Wildman–Crippen MR) is 80.5 cm³/mol. The fourth-order valence-electron chi connectivity index (χ4n) is 2.10. The maximum Gasteiger partial charge on any atom is 0.416 e. The lowest BCUT2D eigenvalue weighted by atomic mass is 10.0. The van der Waals surface area contributed by atoms with Gasteiger partial charge in [-0.25, -0.2) is 4.79 Å². The van der Waals surface area contributed by atoms with E-state index in [9.17, 15) is 27.9 Å². The van der Waals surface area contributed by atoms with Crippen LogP contribution < -0.4 is 5.32 Å². The average Bonchev–Trinajstić information content (AvgIpc) is 2.54. The van der Waals surface area contributed by atoms with E-state index < -0.39 is 29.7 Å². The molecule has 2 rings (SSSR count). The second kappa shape index (κ2) is 7.16. The van der Waals surface area contributed by atoms with E-state index in [2.05, 4.69) is 5.32 Å². The van der Waals surface area contributed by atoms with Crippen LogP contribution in [0.4, 0.5) is 13.2 Å². The van der Waals surface area contributed by atoms with Gasteiger partial charge in [0, 0.05) is 12.0 Å². The number of nitrogens with one attached hydrogen (secondary N) is 1. The van der Waals surface area contributed by atoms with Crippen molar-refractivity contribution in [2.24, 2.45) is 0 Å². The number of rotatable bonds is 5. The quantitative estimate of drug-likeness (QED) is 0.881. The van der Waals surface area contributed by atoms with Crippen molar-refractivity contribution >= 4 is 11.9 Å². The Bertz CT molecular complexity index is 712. The Hall–Kier alpha value is -2.83. The Morgan fingerprint density at radius 3 is 2.08 bits per heavy atom. The van der Waals surface area contributed by atoms with Crippen LogP contribution in [0, 0.1) is 0 Å². The summed E-state index contributed by atoms with van der Waals surface area (Å²) in [5.41, 5.74) is -0.133. The van der Waals surface area contributed by atoms with Crippen molar-refractivity contribution < 1.29 is 27.9 Å². The highest BCUT2D eigenvalue weighted by Gasteiger charge is 2.30. The largest absolute Gasteiger partial charge is 0.480 e. The molecule has 0 bridgehead atoms. The average molecular weight is 337 g/mol. The monoisotopic (exact) mass is 337 g/mol. The van der Waals surface area contributed by atoms with E-state index in [0.29, 0.717) is 11.1 Å². The molecule has 1 atom stereocenters. The highest BCUT2D eigenvalue weighted by molar-refractivity contribution is 5.96. The minimum Gasteiger partial charge on any atom is -0.480 e. The maximum absolute atomic E-state index is 12.5. The van der Waals surface area contributed by atoms with Gasteiger partial charge in [0.15, 0.2) is 0 Å². The first kappa shape index (κ1) is 17.5. The van der Waals surface area contributed by atoms with Crippen LogP contribution >= 0.6 is 0 Å². The Kier molecular flexibility index (Phi) is 5.23. The normalized spacial score (nSPS) is 12.5. The molecule has 126 valence electrons. The molecule has 0 heterocycles. The van der Waals surface area contributed by atoms with Gasteiger partial charge in [-0.05, 0) is 29.8 Å². The molecule has 2 aromatic rings. The van der Waals surface area contributed by atoms with Gasteiger partial charge in [-0.15, -0.1) is 0 Å². The molecule has 0 fully saturated rings. The Labute approximate surface area is 135 Å². The third-order valence-electron chi connectivity index (χ3n) is 3.36. The first-order valence-electron chi connectivity index (χ1n) is 7.02. The molecule has 0 saturated heterocycles. The van der Waals surface area contributed by atoms with Crippen molar-refractivity contribution in [2.75, 3.05) is 0 Å². The Balaban J connectivity index is 2.09. The van der Waals surface area contributed by atoms with E-state index in [1.165, 1.54) is 24.3 Å². The summed E-state index contributed by atoms with van der Waals surface area (Å²) >= 11 is 0. The molecule has 24 heavy (non-hydrogen) atoms. The number of amides is 1. The molecule has 0 saturated carbocycles. The van der Waals surface area contributed by atoms with Gasteiger partial charge in [0.1, 0.15) is 6.04 Å². The molecule has 0 spiro atoms. The predicted octanol–water partition coefficient (Wildman–Crippen LogP) is 3.13. The highest BCUT2D eigenvalue weighted by Crippen LogP contribution is 2.29. The van der Waals surface area contributed by atoms with Crippen LogP contribution in [0.3, 0.4) is 0 Å². The molecule has 0 aromatic heterocycles. The summed E-state index contributed by atoms with van der Waals surface area (Å²) in [5.74, 6) is -1.82. The number of hydrogen-bond donors (Lipinski definition) is 2. The molecule has 0 aliphatic heterocycles. The van der Waals surface area contributed by atoms with Crippen molar-refractivity contribution in [2.45, 2.75) is 18.6 Å². The number of aliphatic carboxylic acids is 1. The fourth-order valence-corrected chi connectivity index (χ4v) is 2.10. The zero-order valence-electron chi connectivity index (χ0n) is 12.4. The fraction of sp³-hybridized carbons (Fsp3) is 0.176. The van der Waals surface area contributed by atoms with Crippen LogP contribution in [0.2, 0.25) is 0 Å². The van der Waals surface area contributed by atoms with E-state index in [1.54, 1.807) is 18.2 Å². The van der Waals surface area contributed by atoms with Gasteiger partial charge < -0.3 is 10.4 Å². The van der Waals surface area contributed by atoms with Gasteiger partial charge in [0.25, 0.3) is 5.91 Å². The molecule has 7 heteroatoms. The van der Waals surface area contributed by atoms with Crippen LogP contribution in [0.25, 0.3) is 0 Å². The minimum atomic E-state index is -4.45. The summed E-state index contributed by atoms with van der Waals surface area (Å²) in [4.78, 5) is 23.3. The lowest BCUT2D eigenvalue weighted by Gasteiger charge is -2.15. The van der Waals surface area contributed by atoms with Crippen molar-refractivity contribution in [3.05, 3.63) is 71.3 Å². The van der Waals surface area contributed by atoms with Crippen LogP contribution in [0.1, 0.15) is 21.5 Å². The zero-order chi connectivity index (χ0) is 17.7. The molecular formula is C17H14F3NO3. The van der Waals surface area contributed by atoms with E-state index in [-0.39, 0.29) is 6.42 Å². The molecule has 1 amide bonds. The lowest BCUT2D eigenvalue weighted by Crippen LogP contribution is -2.42. The van der Waals surface area contributed by atoms with Gasteiger partial charge in [0.2, 0.25) is 0 Å². The number of carboxylic acid groups (broad SMARTS) is 1. The summed E-state index contributed by atoms with van der Waals surface area (Å²) in [7, 11) is 0. The van der Waals surface area contributed by atoms with Crippen molar-refractivity contribution in [3.63, 3.8) is 0 Å². The van der Waals surface area contributed by atoms with Crippen LogP contribution in [-0.4, -0.2) is 23.0 Å². The Morgan fingerprint density at radius 1 is 1.00 bits per heavy atom. The number of halogens is 3. The molecule has 0 unspecified atom stereocenters. The third-order valence-corrected chi connectivity index (χ3v) is 3.36. The first-order chi connectivity index (χ1) is 11.3. The number of carbonyl (C=O) groups is 2. The van der Waals surface area contributed by atoms with Crippen LogP contribution in [-0.2, 0) is 17.4 Å². The maximum atomic E-state index is 12.5. The summed E-state index contributed by atoms with van der Waals surface area (Å²) in [6, 6.07) is 11.0. The summed E-state index contributed by atoms with van der Waals surface area (Å²) < 4.78 is 37.6. The van der Waals surface area contributed by atoms with Crippen molar-refractivity contribution in [3.8, 4) is 0 Å². The number of carbonyl (C=O) groups excluding carboxylic acids is 1. The third kappa shape index (κ3) is 4.58. The number of hydrogen-bond acceptors (Lipinski definition) is 2.